The quantitative estimate of drug-likeness (QED) is 0.428. The van der Waals surface area contributed by atoms with Crippen molar-refractivity contribution >= 4 is 11.7 Å². The number of aromatic nitrogens is 1. The number of piperidine rings is 1. The number of nitrogens with two attached hydrogens (primary N) is 1. The minimum atomic E-state index is -0.462. The van der Waals surface area contributed by atoms with Gasteiger partial charge in [0, 0.05) is 76.3 Å². The van der Waals surface area contributed by atoms with E-state index in [-0.39, 0.29) is 14.9 Å². The first-order valence-corrected chi connectivity index (χ1v) is 11.2. The molecule has 0 aromatic carbocycles. The third kappa shape index (κ3) is 6.38. The normalized spacial score (nSPS) is 22.1. The molecule has 1 saturated heterocycles. The van der Waals surface area contributed by atoms with Crippen molar-refractivity contribution in [2.75, 3.05) is 32.7 Å². The lowest BCUT2D eigenvalue weighted by Gasteiger charge is -2.38. The number of amides is 2. The third-order valence-electron chi connectivity index (χ3n) is 6.07. The number of hydrogen-bond donors (Lipinski definition) is 3. The summed E-state index contributed by atoms with van der Waals surface area (Å²) in [6.07, 6.45) is 7.85. The molecule has 0 bridgehead atoms. The predicted octanol–water partition coefficient (Wildman–Crippen LogP) is 3.88. The van der Waals surface area contributed by atoms with E-state index >= 15 is 0 Å². The molecule has 0 aliphatic carbocycles. The highest BCUT2D eigenvalue weighted by Gasteiger charge is 2.30. The molecule has 2 atom stereocenters. The van der Waals surface area contributed by atoms with Crippen LogP contribution in [-0.2, 0) is 0 Å². The number of likely N-dealkylation sites (tertiary alicyclic amines) is 1. The van der Waals surface area contributed by atoms with Crippen LogP contribution in [0.3, 0.4) is 0 Å². The van der Waals surface area contributed by atoms with E-state index < -0.39 is 5.83 Å². The standard InChI is InChI=1S/C25H33FN6O.2H2/c1-4-5-20(18(3)26)14-31-13-17(2)12-21(15-31)30-25(33)32-11-8-23(27)22(16-32)24(28)19-6-9-29-10-7-19;;/h4-7,9-10,17,21,28H,1,3,8,11-16,27H2,2H3,(H,30,33);2*1H/b20-5-,28-24?;;. The fourth-order valence-electron chi connectivity index (χ4n) is 4.46. The first-order valence-electron chi connectivity index (χ1n) is 11.2. The van der Waals surface area contributed by atoms with Crippen LogP contribution in [-0.4, -0.2) is 65.3 Å². The molecule has 2 unspecified atom stereocenters. The molecule has 8 heteroatoms. The lowest BCUT2D eigenvalue weighted by molar-refractivity contribution is 0.149. The van der Waals surface area contributed by atoms with Gasteiger partial charge in [0.15, 0.2) is 0 Å². The summed E-state index contributed by atoms with van der Waals surface area (Å²) >= 11 is 0. The highest BCUT2D eigenvalue weighted by molar-refractivity contribution is 6.11. The van der Waals surface area contributed by atoms with Gasteiger partial charge in [0.05, 0.1) is 12.3 Å². The van der Waals surface area contributed by atoms with Gasteiger partial charge in [-0.25, -0.2) is 9.18 Å². The number of carbonyl (C=O) groups is 1. The minimum absolute atomic E-state index is 0. The molecule has 0 spiro atoms. The van der Waals surface area contributed by atoms with Crippen molar-refractivity contribution in [1.29, 1.82) is 5.41 Å². The predicted molar refractivity (Wildman–Crippen MR) is 134 cm³/mol. The van der Waals surface area contributed by atoms with E-state index in [1.807, 2.05) is 0 Å². The zero-order valence-electron chi connectivity index (χ0n) is 19.2. The summed E-state index contributed by atoms with van der Waals surface area (Å²) in [4.78, 5) is 20.9. The maximum Gasteiger partial charge on any atom is 0.317 e. The monoisotopic (exact) mass is 456 g/mol. The largest absolute Gasteiger partial charge is 0.402 e. The van der Waals surface area contributed by atoms with E-state index in [4.69, 9.17) is 11.1 Å². The highest BCUT2D eigenvalue weighted by Crippen LogP contribution is 2.22. The summed E-state index contributed by atoms with van der Waals surface area (Å²) in [6, 6.07) is 3.31. The van der Waals surface area contributed by atoms with Crippen LogP contribution in [0, 0.1) is 11.3 Å². The maximum absolute atomic E-state index is 13.8. The summed E-state index contributed by atoms with van der Waals surface area (Å²) in [5.74, 6) is -0.107. The Labute approximate surface area is 198 Å². The number of halogens is 1. The summed E-state index contributed by atoms with van der Waals surface area (Å²) in [5.41, 5.74) is 9.06. The van der Waals surface area contributed by atoms with Crippen molar-refractivity contribution in [3.05, 3.63) is 78.1 Å². The zero-order chi connectivity index (χ0) is 24.0. The van der Waals surface area contributed by atoms with Gasteiger partial charge in [-0.3, -0.25) is 15.3 Å². The van der Waals surface area contributed by atoms with Crippen LogP contribution in [0.1, 0.15) is 28.2 Å². The summed E-state index contributed by atoms with van der Waals surface area (Å²) in [5, 5.41) is 11.7. The van der Waals surface area contributed by atoms with Gasteiger partial charge >= 0.3 is 6.03 Å². The van der Waals surface area contributed by atoms with Crippen LogP contribution in [0.4, 0.5) is 9.18 Å². The molecule has 180 valence electrons. The fraction of sp³-hybridized carbons (Fsp3) is 0.400. The topological polar surface area (TPSA) is 98.3 Å². The minimum Gasteiger partial charge on any atom is -0.402 e. The summed E-state index contributed by atoms with van der Waals surface area (Å²) in [6.45, 7) is 11.9. The van der Waals surface area contributed by atoms with Gasteiger partial charge in [-0.2, -0.15) is 0 Å². The van der Waals surface area contributed by atoms with E-state index in [1.54, 1.807) is 41.6 Å². The van der Waals surface area contributed by atoms with Gasteiger partial charge < -0.3 is 16.0 Å². The molecule has 3 heterocycles. The summed E-state index contributed by atoms with van der Waals surface area (Å²) < 4.78 is 13.8. The Morgan fingerprint density at radius 3 is 2.82 bits per heavy atom. The Balaban J connectivity index is 0.00000306. The molecule has 1 fully saturated rings. The summed E-state index contributed by atoms with van der Waals surface area (Å²) in [7, 11) is 0. The van der Waals surface area contributed by atoms with Crippen molar-refractivity contribution in [1.82, 2.24) is 20.1 Å². The highest BCUT2D eigenvalue weighted by atomic mass is 19.1. The number of carbonyl (C=O) groups excluding carboxylic acids is 1. The number of rotatable bonds is 7. The molecule has 2 aliphatic rings. The average molecular weight is 457 g/mol. The lowest BCUT2D eigenvalue weighted by Crippen LogP contribution is -2.54. The SMILES string of the molecule is C=C/C=C(/CN1CC(C)CC(NC(=O)N2CCC(N)=C(C(=N)c3ccncc3)C2)C1)C(=C)F.[HH].[HH]. The Hall–Kier alpha value is -3.26. The number of urea groups is 1. The molecule has 2 aliphatic heterocycles. The van der Waals surface area contributed by atoms with Crippen molar-refractivity contribution in [3.63, 3.8) is 0 Å². The molecule has 3 rings (SSSR count). The molecular weight excluding hydrogens is 419 g/mol. The smallest absolute Gasteiger partial charge is 0.317 e. The molecule has 7 nitrogen and oxygen atoms in total. The maximum atomic E-state index is 13.8. The van der Waals surface area contributed by atoms with Gasteiger partial charge in [0.1, 0.15) is 5.83 Å². The molecule has 4 N–H and O–H groups in total. The van der Waals surface area contributed by atoms with Gasteiger partial charge in [0.2, 0.25) is 0 Å². The van der Waals surface area contributed by atoms with Crippen LogP contribution in [0.5, 0.6) is 0 Å². The zero-order valence-corrected chi connectivity index (χ0v) is 19.2. The third-order valence-corrected chi connectivity index (χ3v) is 6.07. The lowest BCUT2D eigenvalue weighted by atomic mass is 9.95. The molecule has 1 aromatic heterocycles. The fourth-order valence-corrected chi connectivity index (χ4v) is 4.46. The molecule has 33 heavy (non-hydrogen) atoms. The van der Waals surface area contributed by atoms with Crippen LogP contribution in [0.15, 0.2) is 72.5 Å². The van der Waals surface area contributed by atoms with Gasteiger partial charge in [-0.15, -0.1) is 0 Å². The van der Waals surface area contributed by atoms with E-state index in [9.17, 15) is 9.18 Å². The first-order chi connectivity index (χ1) is 15.8. The molecular formula is C25H37FN6O. The molecule has 1 aromatic rings. The Morgan fingerprint density at radius 1 is 1.42 bits per heavy atom. The van der Waals surface area contributed by atoms with E-state index in [2.05, 4.69) is 35.3 Å². The van der Waals surface area contributed by atoms with Crippen molar-refractivity contribution in [3.8, 4) is 0 Å². The van der Waals surface area contributed by atoms with Crippen LogP contribution in [0.25, 0.3) is 0 Å². The molecule has 0 saturated carbocycles. The van der Waals surface area contributed by atoms with Gasteiger partial charge in [-0.1, -0.05) is 32.2 Å². The van der Waals surface area contributed by atoms with Crippen molar-refractivity contribution in [2.45, 2.75) is 25.8 Å². The second-order valence-corrected chi connectivity index (χ2v) is 8.80. The second-order valence-electron chi connectivity index (χ2n) is 8.80. The van der Waals surface area contributed by atoms with Crippen molar-refractivity contribution < 1.29 is 12.0 Å². The van der Waals surface area contributed by atoms with E-state index in [0.29, 0.717) is 61.1 Å². The number of hydrogen-bond acceptors (Lipinski definition) is 5. The van der Waals surface area contributed by atoms with Crippen LogP contribution >= 0.6 is 0 Å². The van der Waals surface area contributed by atoms with Gasteiger partial charge in [-0.05, 0) is 24.5 Å². The van der Waals surface area contributed by atoms with E-state index in [0.717, 1.165) is 18.5 Å². The Morgan fingerprint density at radius 2 is 2.15 bits per heavy atom. The molecule has 0 radical (unpaired) electrons. The number of nitrogens with one attached hydrogen (secondary N) is 2. The van der Waals surface area contributed by atoms with Crippen LogP contribution < -0.4 is 11.1 Å². The van der Waals surface area contributed by atoms with Crippen molar-refractivity contribution in [2.24, 2.45) is 11.7 Å². The second kappa shape index (κ2) is 11.0. The van der Waals surface area contributed by atoms with Gasteiger partial charge in [0.25, 0.3) is 0 Å². The number of nitrogens with zero attached hydrogens (tertiary/aromatic N) is 3. The number of allylic oxidation sites excluding steroid dienone is 2. The Bertz CT molecular complexity index is 981. The Kier molecular flexibility index (Phi) is 8.16. The van der Waals surface area contributed by atoms with Crippen LogP contribution in [0.2, 0.25) is 0 Å². The first kappa shape index (κ1) is 24.4. The van der Waals surface area contributed by atoms with E-state index in [1.165, 1.54) is 0 Å². The average Bonchev–Trinajstić information content (AvgIpc) is 2.78. The number of pyridine rings is 1. The molecule has 2 amide bonds.